The van der Waals surface area contributed by atoms with Gasteiger partial charge in [0.2, 0.25) is 5.78 Å². The van der Waals surface area contributed by atoms with E-state index in [9.17, 15) is 44.9 Å². The number of aliphatic hydroxyl groups excluding tert-OH is 2. The number of hydrogen-bond donors (Lipinski definition) is 5. The first-order valence-electron chi connectivity index (χ1n) is 22.4. The number of rotatable bonds is 6. The van der Waals surface area contributed by atoms with Crippen LogP contribution in [0.5, 0.6) is 17.2 Å². The number of anilines is 1. The molecule has 5 N–H and O–H groups in total. The fraction of sp³-hybridized carbons (Fsp3) is 0.532. The Bertz CT molecular complexity index is 2700. The molecule has 5 heterocycles. The maximum Gasteiger partial charge on any atom is 0.342 e. The van der Waals surface area contributed by atoms with Crippen LogP contribution in [0.15, 0.2) is 52.3 Å². The van der Waals surface area contributed by atoms with Crippen molar-refractivity contribution >= 4 is 39.9 Å². The minimum Gasteiger partial charge on any atom is -0.507 e. The zero-order valence-electron chi connectivity index (χ0n) is 39.0. The molecule has 1 amide bonds. The summed E-state index contributed by atoms with van der Waals surface area (Å²) in [5.74, 6) is -5.05. The number of aromatic hydroxyl groups is 2. The van der Waals surface area contributed by atoms with Crippen molar-refractivity contribution in [3.63, 3.8) is 0 Å². The van der Waals surface area contributed by atoms with Gasteiger partial charge in [0.05, 0.1) is 41.2 Å². The number of nitrogens with one attached hydrogen (secondary N) is 1. The molecule has 4 aliphatic rings. The highest BCUT2D eigenvalue weighted by Gasteiger charge is 2.45. The molecule has 1 unspecified atom stereocenters. The highest BCUT2D eigenvalue weighted by atomic mass is 16.7. The van der Waals surface area contributed by atoms with Gasteiger partial charge in [0.25, 0.3) is 5.91 Å². The number of phenolic OH excluding ortho intramolecular Hbond substituents is 2. The fourth-order valence-corrected chi connectivity index (χ4v) is 9.69. The smallest absolute Gasteiger partial charge is 0.342 e. The third-order valence-electron chi connectivity index (χ3n) is 13.8. The SMILES string of the molecule is CO[C@H]1/C=C/OC2Oc3c(C)c(O)c4c(O)c(c5c(c4c3C2=O)NC2(CCN(CCn3c([N+](=O)[O-])cnc3C)CC2)N=5)=NC(=O)/C(C)=C\C=C\[C@H](C)[C@H](O)[C@@H](C)[C@@H](O)[C@@H](C)[C@H](OC(C)=O)[C@@H]1C. The molecule has 7 rings (SSSR count). The van der Waals surface area contributed by atoms with Crippen LogP contribution in [0.1, 0.15) is 76.1 Å². The monoisotopic (exact) mass is 929 g/mol. The van der Waals surface area contributed by atoms with Gasteiger partial charge < -0.3 is 54.8 Å². The number of nitrogens with zero attached hydrogens (tertiary/aromatic N) is 6. The van der Waals surface area contributed by atoms with E-state index in [0.717, 1.165) is 0 Å². The van der Waals surface area contributed by atoms with Gasteiger partial charge in [0, 0.05) is 93.6 Å². The van der Waals surface area contributed by atoms with Crippen LogP contribution < -0.4 is 20.8 Å². The second-order valence-electron chi connectivity index (χ2n) is 18.2. The van der Waals surface area contributed by atoms with E-state index in [4.69, 9.17) is 23.9 Å². The number of Topliss-reactive ketones (excluding diaryl/α,β-unsaturated/α-hetero) is 1. The predicted molar refractivity (Wildman–Crippen MR) is 242 cm³/mol. The molecule has 1 spiro atoms. The Hall–Kier alpha value is -6.22. The van der Waals surface area contributed by atoms with Crippen molar-refractivity contribution in [1.29, 1.82) is 0 Å². The Morgan fingerprint density at radius 1 is 0.985 bits per heavy atom. The first-order chi connectivity index (χ1) is 31.7. The Kier molecular flexibility index (Phi) is 13.9. The molecule has 2 aromatic carbocycles. The number of hydrogen-bond acceptors (Lipinski definition) is 17. The molecule has 1 aromatic heterocycles. The summed E-state index contributed by atoms with van der Waals surface area (Å²) in [6.07, 6.45) is 4.12. The highest BCUT2D eigenvalue weighted by molar-refractivity contribution is 6.20. The van der Waals surface area contributed by atoms with Gasteiger partial charge in [0.1, 0.15) is 46.7 Å². The number of piperidine rings is 1. The van der Waals surface area contributed by atoms with Crippen molar-refractivity contribution in [2.45, 2.75) is 111 Å². The molecule has 0 aliphatic carbocycles. The van der Waals surface area contributed by atoms with E-state index < -0.39 is 94.1 Å². The Morgan fingerprint density at radius 3 is 2.34 bits per heavy atom. The van der Waals surface area contributed by atoms with Crippen molar-refractivity contribution in [3.8, 4) is 17.2 Å². The second kappa shape index (κ2) is 19.2. The van der Waals surface area contributed by atoms with E-state index in [1.165, 1.54) is 52.5 Å². The van der Waals surface area contributed by atoms with Gasteiger partial charge in [-0.1, -0.05) is 45.9 Å². The molecule has 0 saturated carbocycles. The molecular formula is C47H59N7O13. The number of carbonyl (C=O) groups excluding carboxylic acids is 3. The van der Waals surface area contributed by atoms with Crippen LogP contribution in [0.2, 0.25) is 0 Å². The van der Waals surface area contributed by atoms with Crippen LogP contribution in [-0.4, -0.2) is 121 Å². The number of ether oxygens (including phenoxy) is 4. The van der Waals surface area contributed by atoms with Crippen molar-refractivity contribution in [2.75, 3.05) is 32.1 Å². The number of esters is 1. The number of aryl methyl sites for hydroxylation is 1. The summed E-state index contributed by atoms with van der Waals surface area (Å²) in [7, 11) is 1.44. The lowest BCUT2D eigenvalue weighted by atomic mass is 9.78. The van der Waals surface area contributed by atoms with Gasteiger partial charge >= 0.3 is 18.1 Å². The van der Waals surface area contributed by atoms with E-state index in [1.807, 2.05) is 0 Å². The predicted octanol–water partition coefficient (Wildman–Crippen LogP) is 3.82. The van der Waals surface area contributed by atoms with Gasteiger partial charge in [0.15, 0.2) is 11.6 Å². The minimum atomic E-state index is -1.56. The number of aliphatic hydroxyl groups is 2. The molecule has 20 nitrogen and oxygen atoms in total. The molecule has 20 heteroatoms. The van der Waals surface area contributed by atoms with Crippen molar-refractivity contribution in [3.05, 3.63) is 80.1 Å². The molecule has 1 saturated heterocycles. The van der Waals surface area contributed by atoms with Gasteiger partial charge in [-0.25, -0.2) is 14.5 Å². The van der Waals surface area contributed by atoms with Crippen molar-refractivity contribution in [1.82, 2.24) is 14.5 Å². The van der Waals surface area contributed by atoms with E-state index in [1.54, 1.807) is 51.3 Å². The lowest BCUT2D eigenvalue weighted by Gasteiger charge is -2.38. The second-order valence-corrected chi connectivity index (χ2v) is 18.2. The average molecular weight is 930 g/mol. The summed E-state index contributed by atoms with van der Waals surface area (Å²) in [4.78, 5) is 67.7. The summed E-state index contributed by atoms with van der Waals surface area (Å²) in [5.41, 5.74) is -0.502. The van der Waals surface area contributed by atoms with E-state index >= 15 is 0 Å². The number of carbonyl (C=O) groups is 3. The number of allylic oxidation sites excluding steroid dienone is 2. The maximum atomic E-state index is 14.5. The zero-order valence-corrected chi connectivity index (χ0v) is 39.0. The van der Waals surface area contributed by atoms with Gasteiger partial charge in [-0.15, -0.1) is 0 Å². The number of phenols is 2. The Balaban J connectivity index is 1.32. The van der Waals surface area contributed by atoms with Crippen LogP contribution in [-0.2, 0) is 30.3 Å². The molecule has 4 bridgehead atoms. The molecule has 0 radical (unpaired) electrons. The summed E-state index contributed by atoms with van der Waals surface area (Å²) in [5, 5.41) is 61.8. The largest absolute Gasteiger partial charge is 0.507 e. The topological polar surface area (TPSA) is 270 Å². The van der Waals surface area contributed by atoms with Crippen LogP contribution in [0.25, 0.3) is 10.8 Å². The molecular weight excluding hydrogens is 871 g/mol. The van der Waals surface area contributed by atoms with Crippen molar-refractivity contribution in [2.24, 2.45) is 33.7 Å². The maximum absolute atomic E-state index is 14.5. The van der Waals surface area contributed by atoms with E-state index in [2.05, 4.69) is 20.2 Å². The number of ketones is 1. The number of amides is 1. The van der Waals surface area contributed by atoms with E-state index in [0.29, 0.717) is 44.8 Å². The number of methoxy groups -OCH3 is 1. The third kappa shape index (κ3) is 9.14. The number of aromatic nitrogens is 2. The third-order valence-corrected chi connectivity index (χ3v) is 13.8. The summed E-state index contributed by atoms with van der Waals surface area (Å²) < 4.78 is 25.1. The van der Waals surface area contributed by atoms with Crippen LogP contribution >= 0.6 is 0 Å². The minimum absolute atomic E-state index is 0.00176. The molecule has 9 atom stereocenters. The molecule has 360 valence electrons. The first-order valence-corrected chi connectivity index (χ1v) is 22.4. The summed E-state index contributed by atoms with van der Waals surface area (Å²) in [6, 6.07) is 0. The lowest BCUT2D eigenvalue weighted by molar-refractivity contribution is -0.392. The Morgan fingerprint density at radius 2 is 1.69 bits per heavy atom. The van der Waals surface area contributed by atoms with E-state index in [-0.39, 0.29) is 55.4 Å². The first kappa shape index (κ1) is 48.7. The number of benzene rings is 2. The Labute approximate surface area is 386 Å². The molecule has 67 heavy (non-hydrogen) atoms. The van der Waals surface area contributed by atoms with Crippen LogP contribution in [0.4, 0.5) is 11.5 Å². The standard InChI is InChI=1S/C47H59N7O13/c1-22-11-10-12-23(2)45(61)49-37-36-35(50-47(51-36)14-16-52(17-15-47)18-19-53-28(7)48-21-31(53)54(62)63)32-33(41(37)59)40(58)27(6)44-34(32)42(60)46(67-44)65-20-13-30(64-9)24(3)43(66-29(8)55)26(5)39(57)25(4)38(22)56/h10-13,20-22,24-26,30,38-39,43,46,50,56-59H,14-19H2,1-9H3/b11-10+,20-13+,23-12-,49-37?/t22-,24+,25+,26+,30-,38-,39+,43+,46?/m0/s1. The summed E-state index contributed by atoms with van der Waals surface area (Å²) >= 11 is 0. The van der Waals surface area contributed by atoms with Crippen LogP contribution in [0, 0.1) is 47.6 Å². The average Bonchev–Trinajstić information content (AvgIpc) is 3.97. The van der Waals surface area contributed by atoms with Crippen LogP contribution in [0.3, 0.4) is 0 Å². The fourth-order valence-electron chi connectivity index (χ4n) is 9.69. The quantitative estimate of drug-likeness (QED) is 0.102. The normalized spacial score (nSPS) is 29.5. The lowest BCUT2D eigenvalue weighted by Crippen LogP contribution is -2.47. The molecule has 1 fully saturated rings. The van der Waals surface area contributed by atoms with Crippen molar-refractivity contribution < 1.29 is 58.7 Å². The number of nitro groups is 1. The zero-order chi connectivity index (χ0) is 48.8. The molecule has 4 aliphatic heterocycles. The summed E-state index contributed by atoms with van der Waals surface area (Å²) in [6.45, 7) is 14.7. The van der Waals surface area contributed by atoms with Gasteiger partial charge in [-0.3, -0.25) is 24.3 Å². The highest BCUT2D eigenvalue weighted by Crippen LogP contribution is 2.49. The number of likely N-dealkylation sites (tertiary alicyclic amines) is 1. The van der Waals surface area contributed by atoms with Gasteiger partial charge in [-0.2, -0.15) is 0 Å². The van der Waals surface area contributed by atoms with Gasteiger partial charge in [-0.05, 0) is 24.8 Å². The molecule has 3 aromatic rings. The number of fused-ring (bicyclic) bond motifs is 1. The number of imidazole rings is 1.